The highest BCUT2D eigenvalue weighted by Gasteiger charge is 2.10. The minimum Gasteiger partial charge on any atom is -0.278 e. The third-order valence-corrected chi connectivity index (χ3v) is 1.58. The predicted octanol–water partition coefficient (Wildman–Crippen LogP) is 1.04. The van der Waals surface area contributed by atoms with Crippen LogP contribution in [-0.2, 0) is 0 Å². The van der Waals surface area contributed by atoms with E-state index in [1.54, 1.807) is 25.4 Å². The number of nitrogens with zero attached hydrogens (tertiary/aromatic N) is 3. The average Bonchev–Trinajstić information content (AvgIpc) is 2.64. The van der Waals surface area contributed by atoms with Crippen molar-refractivity contribution >= 4 is 0 Å². The topological polar surface area (TPSA) is 46.5 Å². The van der Waals surface area contributed by atoms with Gasteiger partial charge < -0.3 is 0 Å². The molecule has 0 bridgehead atoms. The summed E-state index contributed by atoms with van der Waals surface area (Å²) < 4.78 is 14.5. The van der Waals surface area contributed by atoms with Gasteiger partial charge in [0.25, 0.3) is 0 Å². The lowest BCUT2D eigenvalue weighted by molar-refractivity contribution is 0.603. The summed E-state index contributed by atoms with van der Waals surface area (Å²) in [5.41, 5.74) is 0.417. The minimum absolute atomic E-state index is 0.206. The van der Waals surface area contributed by atoms with Crippen molar-refractivity contribution in [3.8, 4) is 5.82 Å². The van der Waals surface area contributed by atoms with E-state index in [1.165, 1.54) is 4.68 Å². The second-order valence-electron chi connectivity index (χ2n) is 2.44. The van der Waals surface area contributed by atoms with Gasteiger partial charge in [0, 0.05) is 12.4 Å². The highest BCUT2D eigenvalue weighted by atomic mass is 19.1. The third-order valence-electron chi connectivity index (χ3n) is 1.58. The van der Waals surface area contributed by atoms with Gasteiger partial charge in [0.05, 0.1) is 5.69 Å². The Balaban J connectivity index is 2.55. The third kappa shape index (κ3) is 0.903. The summed E-state index contributed by atoms with van der Waals surface area (Å²) in [5, 5.41) is 10.2. The van der Waals surface area contributed by atoms with E-state index in [4.69, 9.17) is 0 Å². The fourth-order valence-electron chi connectivity index (χ4n) is 0.949. The highest BCUT2D eigenvalue weighted by Crippen LogP contribution is 2.10. The highest BCUT2D eigenvalue weighted by molar-refractivity contribution is 5.24. The molecular formula is C7H7FN4. The van der Waals surface area contributed by atoms with E-state index in [0.29, 0.717) is 5.69 Å². The molecule has 0 aliphatic rings. The van der Waals surface area contributed by atoms with Crippen LogP contribution in [0.4, 0.5) is 4.39 Å². The van der Waals surface area contributed by atoms with Gasteiger partial charge in [-0.3, -0.25) is 5.10 Å². The maximum absolute atomic E-state index is 13.2. The molecule has 0 aliphatic heterocycles. The van der Waals surface area contributed by atoms with Gasteiger partial charge in [-0.25, -0.2) is 9.07 Å². The van der Waals surface area contributed by atoms with Crippen molar-refractivity contribution < 1.29 is 4.39 Å². The Labute approximate surface area is 68.0 Å². The lowest BCUT2D eigenvalue weighted by Gasteiger charge is -1.92. The Morgan fingerprint density at radius 1 is 1.58 bits per heavy atom. The molecule has 4 nitrogen and oxygen atoms in total. The lowest BCUT2D eigenvalue weighted by atomic mass is 10.4. The van der Waals surface area contributed by atoms with E-state index < -0.39 is 0 Å². The lowest BCUT2D eigenvalue weighted by Crippen LogP contribution is -1.96. The van der Waals surface area contributed by atoms with Crippen LogP contribution < -0.4 is 0 Å². The molecule has 12 heavy (non-hydrogen) atoms. The molecule has 0 amide bonds. The Hall–Kier alpha value is -1.65. The molecule has 0 aliphatic carbocycles. The molecule has 0 fully saturated rings. The zero-order chi connectivity index (χ0) is 8.55. The molecule has 2 aromatic rings. The summed E-state index contributed by atoms with van der Waals surface area (Å²) in [6, 6.07) is 1.71. The second-order valence-corrected chi connectivity index (χ2v) is 2.44. The molecule has 0 spiro atoms. The van der Waals surface area contributed by atoms with Crippen molar-refractivity contribution in [3.63, 3.8) is 0 Å². The van der Waals surface area contributed by atoms with Gasteiger partial charge in [-0.2, -0.15) is 10.2 Å². The molecule has 2 heterocycles. The van der Waals surface area contributed by atoms with Gasteiger partial charge in [0.1, 0.15) is 0 Å². The van der Waals surface area contributed by atoms with Crippen LogP contribution in [0.15, 0.2) is 18.5 Å². The van der Waals surface area contributed by atoms with Crippen LogP contribution in [0.5, 0.6) is 0 Å². The normalized spacial score (nSPS) is 10.5. The van der Waals surface area contributed by atoms with E-state index >= 15 is 0 Å². The molecule has 62 valence electrons. The van der Waals surface area contributed by atoms with Gasteiger partial charge in [-0.15, -0.1) is 0 Å². The first-order valence-corrected chi connectivity index (χ1v) is 3.49. The zero-order valence-electron chi connectivity index (χ0n) is 6.45. The van der Waals surface area contributed by atoms with Crippen LogP contribution in [0.3, 0.4) is 0 Å². The first kappa shape index (κ1) is 7.02. The van der Waals surface area contributed by atoms with Crippen LogP contribution in [0.1, 0.15) is 5.69 Å². The van der Waals surface area contributed by atoms with Crippen molar-refractivity contribution in [1.82, 2.24) is 20.0 Å². The number of aryl methyl sites for hydroxylation is 1. The van der Waals surface area contributed by atoms with Crippen molar-refractivity contribution in [2.75, 3.05) is 0 Å². The molecule has 1 N–H and O–H groups in total. The molecule has 0 radical (unpaired) electrons. The van der Waals surface area contributed by atoms with E-state index in [2.05, 4.69) is 15.3 Å². The number of rotatable bonds is 1. The monoisotopic (exact) mass is 166 g/mol. The standard InChI is InChI=1S/C7H7FN4/c1-5-6(8)7(11-10-5)12-4-2-3-9-12/h2-4H,1H3,(H,10,11). The largest absolute Gasteiger partial charge is 0.278 e. The first-order chi connectivity index (χ1) is 5.79. The summed E-state index contributed by atoms with van der Waals surface area (Å²) in [7, 11) is 0. The molecule has 0 unspecified atom stereocenters. The molecular weight excluding hydrogens is 159 g/mol. The Morgan fingerprint density at radius 2 is 2.42 bits per heavy atom. The van der Waals surface area contributed by atoms with Crippen molar-refractivity contribution in [3.05, 3.63) is 30.0 Å². The van der Waals surface area contributed by atoms with E-state index in [0.717, 1.165) is 0 Å². The van der Waals surface area contributed by atoms with Crippen LogP contribution in [0.2, 0.25) is 0 Å². The van der Waals surface area contributed by atoms with Crippen LogP contribution in [-0.4, -0.2) is 20.0 Å². The molecule has 0 saturated carbocycles. The number of nitrogens with one attached hydrogen (secondary N) is 1. The van der Waals surface area contributed by atoms with E-state index in [1.807, 2.05) is 0 Å². The van der Waals surface area contributed by atoms with Crippen LogP contribution in [0.25, 0.3) is 5.82 Å². The molecule has 0 atom stereocenters. The van der Waals surface area contributed by atoms with Gasteiger partial charge in [0.15, 0.2) is 5.82 Å². The van der Waals surface area contributed by atoms with Gasteiger partial charge in [-0.05, 0) is 13.0 Å². The van der Waals surface area contributed by atoms with Crippen LogP contribution >= 0.6 is 0 Å². The Kier molecular flexibility index (Phi) is 1.43. The van der Waals surface area contributed by atoms with Crippen molar-refractivity contribution in [1.29, 1.82) is 0 Å². The maximum Gasteiger partial charge on any atom is 0.211 e. The summed E-state index contributed by atoms with van der Waals surface area (Å²) in [6.07, 6.45) is 3.21. The number of hydrogen-bond donors (Lipinski definition) is 1. The predicted molar refractivity (Wildman–Crippen MR) is 40.4 cm³/mol. The molecule has 5 heteroatoms. The number of hydrogen-bond acceptors (Lipinski definition) is 2. The Bertz CT molecular complexity index is 376. The summed E-state index contributed by atoms with van der Waals surface area (Å²) in [6.45, 7) is 1.62. The summed E-state index contributed by atoms with van der Waals surface area (Å²) in [4.78, 5) is 0. The number of halogens is 1. The molecule has 0 aromatic carbocycles. The van der Waals surface area contributed by atoms with Crippen LogP contribution in [0, 0.1) is 12.7 Å². The molecule has 2 aromatic heterocycles. The van der Waals surface area contributed by atoms with Gasteiger partial charge in [0.2, 0.25) is 5.82 Å². The number of aromatic amines is 1. The van der Waals surface area contributed by atoms with E-state index in [9.17, 15) is 4.39 Å². The van der Waals surface area contributed by atoms with E-state index in [-0.39, 0.29) is 11.6 Å². The van der Waals surface area contributed by atoms with Crippen molar-refractivity contribution in [2.45, 2.75) is 6.92 Å². The fourth-order valence-corrected chi connectivity index (χ4v) is 0.949. The smallest absolute Gasteiger partial charge is 0.211 e. The van der Waals surface area contributed by atoms with Gasteiger partial charge in [-0.1, -0.05) is 0 Å². The van der Waals surface area contributed by atoms with Gasteiger partial charge >= 0.3 is 0 Å². The SMILES string of the molecule is Cc1[nH]nc(-n2cccn2)c1F. The molecule has 2 rings (SSSR count). The zero-order valence-corrected chi connectivity index (χ0v) is 6.45. The summed E-state index contributed by atoms with van der Waals surface area (Å²) in [5.74, 6) is -0.156. The number of H-pyrrole nitrogens is 1. The summed E-state index contributed by atoms with van der Waals surface area (Å²) >= 11 is 0. The Morgan fingerprint density at radius 3 is 2.92 bits per heavy atom. The number of aromatic nitrogens is 4. The minimum atomic E-state index is -0.362. The average molecular weight is 166 g/mol. The maximum atomic E-state index is 13.2. The quantitative estimate of drug-likeness (QED) is 0.688. The van der Waals surface area contributed by atoms with Crippen molar-refractivity contribution in [2.24, 2.45) is 0 Å². The molecule has 0 saturated heterocycles. The first-order valence-electron chi connectivity index (χ1n) is 3.49. The second kappa shape index (κ2) is 2.44. The fraction of sp³-hybridized carbons (Fsp3) is 0.143.